The normalized spacial score (nSPS) is 26.5. The number of esters is 1. The van der Waals surface area contributed by atoms with Crippen molar-refractivity contribution in [2.75, 3.05) is 6.61 Å². The molecule has 0 radical (unpaired) electrons. The Bertz CT molecular complexity index is 1580. The minimum atomic E-state index is -4.62. The fourth-order valence-corrected chi connectivity index (χ4v) is 10.5. The summed E-state index contributed by atoms with van der Waals surface area (Å²) in [5.41, 5.74) is 2.42. The molecule has 0 N–H and O–H groups in total. The fraction of sp³-hybridized carbons (Fsp3) is 0.233. The molecule has 0 amide bonds. The maximum atomic E-state index is 13.9. The molecule has 6 atom stereocenters. The van der Waals surface area contributed by atoms with Crippen molar-refractivity contribution in [2.24, 2.45) is 23.7 Å². The summed E-state index contributed by atoms with van der Waals surface area (Å²) in [4.78, 5) is 13.7. The predicted octanol–water partition coefficient (Wildman–Crippen LogP) is 6.27. The second kappa shape index (κ2) is 10.6. The van der Waals surface area contributed by atoms with Gasteiger partial charge in [0, 0.05) is 19.0 Å². The SMILES string of the molecule is O=C(Oc1ccccc1)C1C(COc2cc(I)c(S(=O)(=O)[O-])c(I)c2)C2c3ccccc3C1C1C=CC=CC12. The zero-order valence-electron chi connectivity index (χ0n) is 20.4. The Balaban J connectivity index is 1.39. The molecule has 9 heteroatoms. The second-order valence-corrected chi connectivity index (χ2v) is 13.7. The van der Waals surface area contributed by atoms with Crippen LogP contribution in [0.2, 0.25) is 0 Å². The molecule has 6 nitrogen and oxygen atoms in total. The lowest BCUT2D eigenvalue weighted by atomic mass is 9.48. The third kappa shape index (κ3) is 4.95. The van der Waals surface area contributed by atoms with E-state index in [0.717, 1.165) is 0 Å². The number of allylic oxidation sites excluding steroid dienone is 4. The highest BCUT2D eigenvalue weighted by Gasteiger charge is 2.58. The summed E-state index contributed by atoms with van der Waals surface area (Å²) in [6.07, 6.45) is 8.59. The molecule has 0 spiro atoms. The zero-order chi connectivity index (χ0) is 27.3. The monoisotopic (exact) mass is 765 g/mol. The first-order chi connectivity index (χ1) is 18.7. The van der Waals surface area contributed by atoms with Gasteiger partial charge in [0.1, 0.15) is 21.6 Å². The Labute approximate surface area is 254 Å². The van der Waals surface area contributed by atoms with Gasteiger partial charge < -0.3 is 14.0 Å². The van der Waals surface area contributed by atoms with Gasteiger partial charge in [0.25, 0.3) is 0 Å². The number of rotatable bonds is 6. The predicted molar refractivity (Wildman–Crippen MR) is 162 cm³/mol. The van der Waals surface area contributed by atoms with Gasteiger partial charge in [-0.1, -0.05) is 66.8 Å². The summed E-state index contributed by atoms with van der Waals surface area (Å²) in [5.74, 6) is 0.403. The number of hydrogen-bond acceptors (Lipinski definition) is 6. The van der Waals surface area contributed by atoms with E-state index in [0.29, 0.717) is 18.6 Å². The van der Waals surface area contributed by atoms with Crippen LogP contribution in [0, 0.1) is 30.8 Å². The second-order valence-electron chi connectivity index (χ2n) is 10.0. The smallest absolute Gasteiger partial charge is 0.315 e. The van der Waals surface area contributed by atoms with Crippen LogP contribution in [0.1, 0.15) is 23.0 Å². The zero-order valence-corrected chi connectivity index (χ0v) is 25.6. The van der Waals surface area contributed by atoms with Crippen molar-refractivity contribution >= 4 is 61.3 Å². The minimum absolute atomic E-state index is 0.0326. The Kier molecular flexibility index (Phi) is 7.36. The van der Waals surface area contributed by atoms with Crippen molar-refractivity contribution in [1.82, 2.24) is 0 Å². The Morgan fingerprint density at radius 2 is 1.38 bits per heavy atom. The average molecular weight is 765 g/mol. The summed E-state index contributed by atoms with van der Waals surface area (Å²) < 4.78 is 48.0. The molecule has 4 aliphatic rings. The number of para-hydroxylation sites is 1. The van der Waals surface area contributed by atoms with E-state index >= 15 is 0 Å². The van der Waals surface area contributed by atoms with E-state index in [-0.39, 0.29) is 47.1 Å². The van der Waals surface area contributed by atoms with Crippen LogP contribution in [0.4, 0.5) is 0 Å². The molecule has 7 rings (SSSR count). The number of fused-ring (bicyclic) bond motifs is 1. The van der Waals surface area contributed by atoms with Crippen molar-refractivity contribution in [2.45, 2.75) is 16.7 Å². The molecular formula is C30H23I2O6S-. The Hall–Kier alpha value is -2.22. The molecule has 39 heavy (non-hydrogen) atoms. The molecule has 0 aliphatic heterocycles. The van der Waals surface area contributed by atoms with Gasteiger partial charge >= 0.3 is 5.97 Å². The maximum absolute atomic E-state index is 13.9. The van der Waals surface area contributed by atoms with E-state index in [1.807, 2.05) is 75.5 Å². The molecular weight excluding hydrogens is 742 g/mol. The highest BCUT2D eigenvalue weighted by Crippen LogP contribution is 2.62. The van der Waals surface area contributed by atoms with Gasteiger partial charge in [-0.3, -0.25) is 4.79 Å². The number of halogens is 2. The number of hydrogen-bond donors (Lipinski definition) is 0. The summed E-state index contributed by atoms with van der Waals surface area (Å²) in [6.45, 7) is 0.237. The third-order valence-electron chi connectivity index (χ3n) is 7.97. The standard InChI is InChI=1S/C30H24I2O6S/c31-24-14-18(15-25(32)29(24)39(34,35)36)37-16-23-26-19-10-4-6-12-21(19)27(22-13-7-5-11-20(22)26)28(23)30(33)38-17-8-2-1-3-9-17/h1-15,19,21,23,26-28H,16H2,(H,34,35,36)/p-1. The topological polar surface area (TPSA) is 92.7 Å². The van der Waals surface area contributed by atoms with Crippen molar-refractivity contribution in [3.63, 3.8) is 0 Å². The van der Waals surface area contributed by atoms with Gasteiger partial charge in [0.05, 0.1) is 17.4 Å². The van der Waals surface area contributed by atoms with Gasteiger partial charge in [0.2, 0.25) is 0 Å². The van der Waals surface area contributed by atoms with Crippen LogP contribution >= 0.6 is 45.2 Å². The molecule has 1 fully saturated rings. The Morgan fingerprint density at radius 3 is 2.00 bits per heavy atom. The highest BCUT2D eigenvalue weighted by molar-refractivity contribution is 14.1. The molecule has 200 valence electrons. The van der Waals surface area contributed by atoms with Gasteiger partial charge in [-0.15, -0.1) is 0 Å². The van der Waals surface area contributed by atoms with Crippen molar-refractivity contribution in [1.29, 1.82) is 0 Å². The lowest BCUT2D eigenvalue weighted by Gasteiger charge is -2.55. The first-order valence-electron chi connectivity index (χ1n) is 12.5. The molecule has 3 aromatic rings. The fourth-order valence-electron chi connectivity index (χ4n) is 6.58. The molecule has 6 unspecified atom stereocenters. The van der Waals surface area contributed by atoms with E-state index in [9.17, 15) is 17.8 Å². The van der Waals surface area contributed by atoms with E-state index in [1.54, 1.807) is 24.3 Å². The van der Waals surface area contributed by atoms with Crippen LogP contribution in [0.25, 0.3) is 0 Å². The van der Waals surface area contributed by atoms with Crippen molar-refractivity contribution in [3.05, 3.63) is 109 Å². The molecule has 4 aliphatic carbocycles. The minimum Gasteiger partial charge on any atom is -0.744 e. The van der Waals surface area contributed by atoms with Crippen LogP contribution in [0.3, 0.4) is 0 Å². The maximum Gasteiger partial charge on any atom is 0.315 e. The summed E-state index contributed by atoms with van der Waals surface area (Å²) in [6, 6.07) is 20.6. The van der Waals surface area contributed by atoms with E-state index < -0.39 is 16.0 Å². The first-order valence-corrected chi connectivity index (χ1v) is 16.1. The van der Waals surface area contributed by atoms with Gasteiger partial charge in [0.15, 0.2) is 0 Å². The van der Waals surface area contributed by atoms with Gasteiger partial charge in [-0.25, -0.2) is 8.42 Å². The summed E-state index contributed by atoms with van der Waals surface area (Å²) in [7, 11) is -4.62. The van der Waals surface area contributed by atoms with Crippen molar-refractivity contribution < 1.29 is 27.2 Å². The lowest BCUT2D eigenvalue weighted by molar-refractivity contribution is -0.146. The summed E-state index contributed by atoms with van der Waals surface area (Å²) in [5, 5.41) is 0. The molecule has 3 aromatic carbocycles. The van der Waals surface area contributed by atoms with Crippen LogP contribution < -0.4 is 9.47 Å². The van der Waals surface area contributed by atoms with Crippen molar-refractivity contribution in [3.8, 4) is 11.5 Å². The van der Waals surface area contributed by atoms with Gasteiger partial charge in [-0.2, -0.15) is 0 Å². The van der Waals surface area contributed by atoms with Crippen LogP contribution in [-0.4, -0.2) is 25.5 Å². The highest BCUT2D eigenvalue weighted by atomic mass is 127. The van der Waals surface area contributed by atoms with E-state index in [1.165, 1.54) is 11.1 Å². The number of benzene rings is 3. The van der Waals surface area contributed by atoms with Gasteiger partial charge in [-0.05, 0) is 98.3 Å². The van der Waals surface area contributed by atoms with Crippen LogP contribution in [0.15, 0.2) is 95.9 Å². The lowest BCUT2D eigenvalue weighted by Crippen LogP contribution is -2.53. The quantitative estimate of drug-likeness (QED) is 0.127. The van der Waals surface area contributed by atoms with E-state index in [4.69, 9.17) is 9.47 Å². The van der Waals surface area contributed by atoms with Crippen LogP contribution in [-0.2, 0) is 14.9 Å². The molecule has 1 saturated carbocycles. The average Bonchev–Trinajstić information content (AvgIpc) is 2.91. The molecule has 0 aromatic heterocycles. The first kappa shape index (κ1) is 27.0. The number of carbonyl (C=O) groups is 1. The molecule has 0 saturated heterocycles. The van der Waals surface area contributed by atoms with E-state index in [2.05, 4.69) is 36.4 Å². The summed E-state index contributed by atoms with van der Waals surface area (Å²) >= 11 is 3.69. The Morgan fingerprint density at radius 1 is 0.821 bits per heavy atom. The number of carbonyl (C=O) groups excluding carboxylic acids is 1. The third-order valence-corrected chi connectivity index (χ3v) is 11.3. The molecule has 0 heterocycles. The van der Waals surface area contributed by atoms with Crippen LogP contribution in [0.5, 0.6) is 11.5 Å². The number of ether oxygens (including phenoxy) is 2. The molecule has 2 bridgehead atoms. The largest absolute Gasteiger partial charge is 0.744 e.